The van der Waals surface area contributed by atoms with Gasteiger partial charge in [-0.05, 0) is 18.5 Å². The van der Waals surface area contributed by atoms with Crippen LogP contribution in [0.3, 0.4) is 0 Å². The second-order valence-corrected chi connectivity index (χ2v) is 4.73. The van der Waals surface area contributed by atoms with Crippen molar-refractivity contribution in [2.24, 2.45) is 0 Å². The minimum absolute atomic E-state index is 0.488. The van der Waals surface area contributed by atoms with Crippen molar-refractivity contribution in [3.05, 3.63) is 39.9 Å². The number of hydrogen-bond donors (Lipinski definition) is 1. The molecule has 92 valence electrons. The number of thiophene rings is 1. The zero-order chi connectivity index (χ0) is 11.9. The van der Waals surface area contributed by atoms with E-state index in [2.05, 4.69) is 28.0 Å². The van der Waals surface area contributed by atoms with Crippen LogP contribution in [-0.4, -0.2) is 18.8 Å². The summed E-state index contributed by atoms with van der Waals surface area (Å²) in [4.78, 5) is 1.35. The van der Waals surface area contributed by atoms with Crippen LogP contribution in [0.4, 0.5) is 0 Å². The van der Waals surface area contributed by atoms with Crippen molar-refractivity contribution < 1.29 is 9.26 Å². The first-order chi connectivity index (χ1) is 8.38. The summed E-state index contributed by atoms with van der Waals surface area (Å²) in [5.74, 6) is 0.779. The summed E-state index contributed by atoms with van der Waals surface area (Å²) in [7, 11) is 1.88. The molecule has 2 aromatic heterocycles. The van der Waals surface area contributed by atoms with Gasteiger partial charge in [0.1, 0.15) is 6.61 Å². The maximum Gasteiger partial charge on any atom is 0.162 e. The van der Waals surface area contributed by atoms with Crippen LogP contribution >= 0.6 is 11.3 Å². The summed E-state index contributed by atoms with van der Waals surface area (Å²) in [5, 5.41) is 9.02. The first kappa shape index (κ1) is 12.3. The number of nitrogens with zero attached hydrogens (tertiary/aromatic N) is 1. The van der Waals surface area contributed by atoms with E-state index < -0.39 is 0 Å². The van der Waals surface area contributed by atoms with E-state index in [-0.39, 0.29) is 0 Å². The minimum atomic E-state index is 0.488. The lowest BCUT2D eigenvalue weighted by molar-refractivity contribution is 0.104. The van der Waals surface area contributed by atoms with Crippen LogP contribution in [0.25, 0.3) is 0 Å². The largest absolute Gasteiger partial charge is 0.373 e. The van der Waals surface area contributed by atoms with Crippen molar-refractivity contribution >= 4 is 11.3 Å². The third kappa shape index (κ3) is 3.96. The summed E-state index contributed by atoms with van der Waals surface area (Å²) in [6, 6.07) is 6.09. The van der Waals surface area contributed by atoms with E-state index in [9.17, 15) is 0 Å². The van der Waals surface area contributed by atoms with Gasteiger partial charge < -0.3 is 14.6 Å². The van der Waals surface area contributed by atoms with E-state index in [1.807, 2.05) is 13.1 Å². The molecule has 17 heavy (non-hydrogen) atoms. The zero-order valence-electron chi connectivity index (χ0n) is 9.81. The van der Waals surface area contributed by atoms with Crippen LogP contribution in [0, 0.1) is 0 Å². The molecule has 0 spiro atoms. The first-order valence-corrected chi connectivity index (χ1v) is 6.45. The summed E-state index contributed by atoms with van der Waals surface area (Å²) in [5.41, 5.74) is 0.907. The van der Waals surface area contributed by atoms with Crippen LogP contribution in [0.1, 0.15) is 16.3 Å². The van der Waals surface area contributed by atoms with E-state index in [0.29, 0.717) is 13.2 Å². The Morgan fingerprint density at radius 3 is 3.24 bits per heavy atom. The molecule has 1 N–H and O–H groups in total. The van der Waals surface area contributed by atoms with E-state index in [1.165, 1.54) is 4.88 Å². The summed E-state index contributed by atoms with van der Waals surface area (Å²) in [6.07, 6.45) is 0.954. The standard InChI is InChI=1S/C12H16N2O2S/c1-13-8-10-7-11(16-14-10)9-15-5-4-12-3-2-6-17-12/h2-3,6-7,13H,4-5,8-9H2,1H3. The third-order valence-electron chi connectivity index (χ3n) is 2.28. The van der Waals surface area contributed by atoms with Crippen LogP contribution < -0.4 is 5.32 Å². The van der Waals surface area contributed by atoms with Crippen molar-refractivity contribution in [2.75, 3.05) is 13.7 Å². The molecule has 4 nitrogen and oxygen atoms in total. The predicted octanol–water partition coefficient (Wildman–Crippen LogP) is 2.21. The van der Waals surface area contributed by atoms with Gasteiger partial charge in [-0.1, -0.05) is 11.2 Å². The number of nitrogens with one attached hydrogen (secondary N) is 1. The molecule has 0 aliphatic rings. The number of rotatable bonds is 7. The van der Waals surface area contributed by atoms with Crippen LogP contribution in [-0.2, 0) is 24.3 Å². The monoisotopic (exact) mass is 252 g/mol. The Balaban J connectivity index is 1.67. The fourth-order valence-corrected chi connectivity index (χ4v) is 2.18. The van der Waals surface area contributed by atoms with Crippen LogP contribution in [0.2, 0.25) is 0 Å². The SMILES string of the molecule is CNCc1cc(COCCc2cccs2)on1. The first-order valence-electron chi connectivity index (χ1n) is 5.57. The highest BCUT2D eigenvalue weighted by atomic mass is 32.1. The summed E-state index contributed by atoms with van der Waals surface area (Å²) >= 11 is 1.76. The van der Waals surface area contributed by atoms with Crippen LogP contribution in [0.5, 0.6) is 0 Å². The average Bonchev–Trinajstić information content (AvgIpc) is 2.96. The fraction of sp³-hybridized carbons (Fsp3) is 0.417. The maximum atomic E-state index is 5.54. The maximum absolute atomic E-state index is 5.54. The molecule has 2 aromatic rings. The van der Waals surface area contributed by atoms with Gasteiger partial charge in [-0.15, -0.1) is 11.3 Å². The lowest BCUT2D eigenvalue weighted by Gasteiger charge is -1.99. The molecule has 0 atom stereocenters. The van der Waals surface area contributed by atoms with Gasteiger partial charge in [0.25, 0.3) is 0 Å². The Morgan fingerprint density at radius 1 is 1.53 bits per heavy atom. The lowest BCUT2D eigenvalue weighted by Crippen LogP contribution is -2.04. The van der Waals surface area contributed by atoms with Crippen molar-refractivity contribution in [3.8, 4) is 0 Å². The molecule has 2 rings (SSSR count). The second kappa shape index (κ2) is 6.54. The van der Waals surface area contributed by atoms with Crippen molar-refractivity contribution in [1.29, 1.82) is 0 Å². The molecule has 0 saturated heterocycles. The summed E-state index contributed by atoms with van der Waals surface area (Å²) < 4.78 is 10.7. The molecule has 0 aliphatic heterocycles. The molecule has 0 aliphatic carbocycles. The van der Waals surface area contributed by atoms with E-state index in [0.717, 1.165) is 24.4 Å². The second-order valence-electron chi connectivity index (χ2n) is 3.70. The smallest absolute Gasteiger partial charge is 0.162 e. The fourth-order valence-electron chi connectivity index (χ4n) is 1.49. The predicted molar refractivity (Wildman–Crippen MR) is 66.9 cm³/mol. The quantitative estimate of drug-likeness (QED) is 0.768. The molecular formula is C12H16N2O2S. The molecule has 0 saturated carbocycles. The normalized spacial score (nSPS) is 10.9. The van der Waals surface area contributed by atoms with Gasteiger partial charge in [-0.25, -0.2) is 0 Å². The van der Waals surface area contributed by atoms with Gasteiger partial charge in [0.2, 0.25) is 0 Å². The van der Waals surface area contributed by atoms with Gasteiger partial charge >= 0.3 is 0 Å². The zero-order valence-corrected chi connectivity index (χ0v) is 10.6. The Bertz CT molecular complexity index is 425. The molecule has 0 unspecified atom stereocenters. The molecule has 0 amide bonds. The van der Waals surface area contributed by atoms with E-state index in [4.69, 9.17) is 9.26 Å². The van der Waals surface area contributed by atoms with Gasteiger partial charge in [0.05, 0.1) is 12.3 Å². The Labute approximate surface area is 105 Å². The highest BCUT2D eigenvalue weighted by molar-refractivity contribution is 7.09. The molecule has 5 heteroatoms. The third-order valence-corrected chi connectivity index (χ3v) is 3.22. The number of hydrogen-bond acceptors (Lipinski definition) is 5. The molecule has 0 aromatic carbocycles. The van der Waals surface area contributed by atoms with Crippen LogP contribution in [0.15, 0.2) is 28.1 Å². The molecule has 0 fully saturated rings. The molecule has 0 bridgehead atoms. The highest BCUT2D eigenvalue weighted by Crippen LogP contribution is 2.10. The number of ether oxygens (including phenoxy) is 1. The topological polar surface area (TPSA) is 47.3 Å². The summed E-state index contributed by atoms with van der Waals surface area (Å²) in [6.45, 7) is 1.92. The van der Waals surface area contributed by atoms with Gasteiger partial charge in [-0.3, -0.25) is 0 Å². The lowest BCUT2D eigenvalue weighted by atomic mass is 10.3. The van der Waals surface area contributed by atoms with E-state index >= 15 is 0 Å². The van der Waals surface area contributed by atoms with Crippen molar-refractivity contribution in [2.45, 2.75) is 19.6 Å². The highest BCUT2D eigenvalue weighted by Gasteiger charge is 2.03. The van der Waals surface area contributed by atoms with Gasteiger partial charge in [0, 0.05) is 23.9 Å². The molecule has 0 radical (unpaired) electrons. The Kier molecular flexibility index (Phi) is 4.73. The number of aromatic nitrogens is 1. The minimum Gasteiger partial charge on any atom is -0.373 e. The van der Waals surface area contributed by atoms with Gasteiger partial charge in [0.15, 0.2) is 5.76 Å². The van der Waals surface area contributed by atoms with Crippen molar-refractivity contribution in [3.63, 3.8) is 0 Å². The van der Waals surface area contributed by atoms with Crippen molar-refractivity contribution in [1.82, 2.24) is 10.5 Å². The molecular weight excluding hydrogens is 236 g/mol. The molecule has 2 heterocycles. The Morgan fingerprint density at radius 2 is 2.47 bits per heavy atom. The Hall–Kier alpha value is -1.17. The average molecular weight is 252 g/mol. The van der Waals surface area contributed by atoms with Gasteiger partial charge in [-0.2, -0.15) is 0 Å². The van der Waals surface area contributed by atoms with E-state index in [1.54, 1.807) is 11.3 Å².